The highest BCUT2D eigenvalue weighted by atomic mass is 19.4. The van der Waals surface area contributed by atoms with Crippen LogP contribution in [0, 0.1) is 11.3 Å². The fraction of sp³-hybridized carbons (Fsp3) is 0.381. The molecule has 3 nitrogen and oxygen atoms in total. The molecule has 198 valence electrons. The molecule has 2 atom stereocenters. The van der Waals surface area contributed by atoms with Gasteiger partial charge in [-0.3, -0.25) is 0 Å². The van der Waals surface area contributed by atoms with Gasteiger partial charge in [-0.15, -0.1) is 0 Å². The van der Waals surface area contributed by atoms with Crippen LogP contribution in [0.4, 0.5) is 52.7 Å². The number of aliphatic hydroxyl groups is 1. The van der Waals surface area contributed by atoms with Gasteiger partial charge in [0.25, 0.3) is 0 Å². The molecule has 2 aromatic rings. The number of rotatable bonds is 5. The van der Waals surface area contributed by atoms with Crippen molar-refractivity contribution in [1.82, 2.24) is 0 Å². The maximum Gasteiger partial charge on any atom is 0.417 e. The van der Waals surface area contributed by atoms with E-state index in [4.69, 9.17) is 10.00 Å². The van der Waals surface area contributed by atoms with Crippen LogP contribution >= 0.6 is 0 Å². The minimum absolute atomic E-state index is 0.0401. The van der Waals surface area contributed by atoms with E-state index in [0.717, 1.165) is 13.2 Å². The van der Waals surface area contributed by atoms with Gasteiger partial charge in [-0.05, 0) is 41.5 Å². The third-order valence-electron chi connectivity index (χ3n) is 4.97. The normalized spacial score (nSPS) is 14.9. The first-order valence-electron chi connectivity index (χ1n) is 9.42. The third kappa shape index (κ3) is 6.61. The summed E-state index contributed by atoms with van der Waals surface area (Å²) in [7, 11) is 0.798. The number of halogens is 12. The van der Waals surface area contributed by atoms with Crippen molar-refractivity contribution in [3.63, 3.8) is 0 Å². The van der Waals surface area contributed by atoms with Gasteiger partial charge in [-0.25, -0.2) is 0 Å². The van der Waals surface area contributed by atoms with Crippen LogP contribution in [0.25, 0.3) is 0 Å². The molecule has 2 aromatic carbocycles. The van der Waals surface area contributed by atoms with E-state index in [1.807, 2.05) is 0 Å². The summed E-state index contributed by atoms with van der Waals surface area (Å²) in [5, 5.41) is 19.2. The Kier molecular flexibility index (Phi) is 7.97. The second-order valence-electron chi connectivity index (χ2n) is 7.41. The maximum absolute atomic E-state index is 13.3. The SMILES string of the molecule is COC(CC(O)c1cc(C(F)(F)F)c(C#N)c(C(F)(F)F)c1)c1cc(C(F)(F)F)cc(C(F)(F)F)c1. The molecule has 0 bridgehead atoms. The average molecular weight is 539 g/mol. The number of nitriles is 1. The second-order valence-corrected chi connectivity index (χ2v) is 7.41. The summed E-state index contributed by atoms with van der Waals surface area (Å²) in [5.74, 6) is 0. The molecule has 0 aromatic heterocycles. The zero-order valence-electron chi connectivity index (χ0n) is 17.6. The van der Waals surface area contributed by atoms with Crippen LogP contribution in [-0.4, -0.2) is 12.2 Å². The number of hydrogen-bond donors (Lipinski definition) is 1. The highest BCUT2D eigenvalue weighted by molar-refractivity contribution is 5.50. The standard InChI is InChI=1S/C21H13F12NO2/c1-36-17(10-2-11(18(22,23)24)6-12(3-10)19(25,26)27)7-16(35)9-4-14(20(28,29)30)13(8-34)15(5-9)21(31,32)33/h2-6,16-17,35H,7H2,1H3. The van der Waals surface area contributed by atoms with E-state index in [1.54, 1.807) is 0 Å². The number of benzene rings is 2. The number of aliphatic hydroxyl groups excluding tert-OH is 1. The lowest BCUT2D eigenvalue weighted by atomic mass is 9.91. The summed E-state index contributed by atoms with van der Waals surface area (Å²) >= 11 is 0. The molecule has 0 saturated heterocycles. The Morgan fingerprint density at radius 1 is 0.722 bits per heavy atom. The van der Waals surface area contributed by atoms with Crippen LogP contribution in [0.3, 0.4) is 0 Å². The minimum Gasteiger partial charge on any atom is -0.388 e. The number of alkyl halides is 12. The van der Waals surface area contributed by atoms with Crippen molar-refractivity contribution in [3.8, 4) is 6.07 Å². The molecule has 0 saturated carbocycles. The van der Waals surface area contributed by atoms with E-state index in [9.17, 15) is 57.8 Å². The molecule has 0 radical (unpaired) electrons. The molecule has 0 aliphatic carbocycles. The van der Waals surface area contributed by atoms with Crippen LogP contribution in [0.1, 0.15) is 57.6 Å². The molecule has 1 N–H and O–H groups in total. The van der Waals surface area contributed by atoms with E-state index in [-0.39, 0.29) is 30.3 Å². The van der Waals surface area contributed by atoms with Crippen LogP contribution in [-0.2, 0) is 29.4 Å². The van der Waals surface area contributed by atoms with Crippen LogP contribution in [0.5, 0.6) is 0 Å². The zero-order valence-corrected chi connectivity index (χ0v) is 17.6. The molecule has 0 aliphatic heterocycles. The smallest absolute Gasteiger partial charge is 0.388 e. The molecule has 0 spiro atoms. The second kappa shape index (κ2) is 9.81. The third-order valence-corrected chi connectivity index (χ3v) is 4.97. The van der Waals surface area contributed by atoms with Gasteiger partial charge in [0, 0.05) is 13.5 Å². The molecule has 36 heavy (non-hydrogen) atoms. The number of nitrogens with zero attached hydrogens (tertiary/aromatic N) is 1. The van der Waals surface area contributed by atoms with Crippen LogP contribution in [0.15, 0.2) is 30.3 Å². The van der Waals surface area contributed by atoms with Gasteiger partial charge in [0.15, 0.2) is 0 Å². The summed E-state index contributed by atoms with van der Waals surface area (Å²) in [6.07, 6.45) is -26.6. The van der Waals surface area contributed by atoms with Crippen molar-refractivity contribution in [2.75, 3.05) is 7.11 Å². The molecular weight excluding hydrogens is 526 g/mol. The van der Waals surface area contributed by atoms with E-state index < -0.39 is 82.3 Å². The van der Waals surface area contributed by atoms with Gasteiger partial charge in [0.2, 0.25) is 0 Å². The largest absolute Gasteiger partial charge is 0.417 e. The summed E-state index contributed by atoms with van der Waals surface area (Å²) in [6.45, 7) is 0. The summed E-state index contributed by atoms with van der Waals surface area (Å²) < 4.78 is 163. The van der Waals surface area contributed by atoms with Gasteiger partial charge < -0.3 is 9.84 Å². The Morgan fingerprint density at radius 3 is 1.44 bits per heavy atom. The first-order chi connectivity index (χ1) is 16.2. The first kappa shape index (κ1) is 29.2. The lowest BCUT2D eigenvalue weighted by Gasteiger charge is -2.24. The van der Waals surface area contributed by atoms with Crippen molar-refractivity contribution in [1.29, 1.82) is 5.26 Å². The fourth-order valence-corrected chi connectivity index (χ4v) is 3.30. The predicted octanol–water partition coefficient (Wildman–Crippen LogP) is 7.44. The molecule has 0 aliphatic rings. The van der Waals surface area contributed by atoms with E-state index >= 15 is 0 Å². The molecular formula is C21H13F12NO2. The Hall–Kier alpha value is -2.99. The lowest BCUT2D eigenvalue weighted by Crippen LogP contribution is -2.18. The van der Waals surface area contributed by atoms with E-state index in [2.05, 4.69) is 0 Å². The van der Waals surface area contributed by atoms with Gasteiger partial charge in [-0.2, -0.15) is 57.9 Å². The quantitative estimate of drug-likeness (QED) is 0.402. The molecule has 15 heteroatoms. The average Bonchev–Trinajstić information content (AvgIpc) is 2.73. The Bertz CT molecular complexity index is 1070. The van der Waals surface area contributed by atoms with Crippen LogP contribution in [0.2, 0.25) is 0 Å². The molecule has 0 fully saturated rings. The molecule has 2 unspecified atom stereocenters. The fourth-order valence-electron chi connectivity index (χ4n) is 3.30. The lowest BCUT2D eigenvalue weighted by molar-refractivity contribution is -0.145. The predicted molar refractivity (Wildman–Crippen MR) is 96.9 cm³/mol. The van der Waals surface area contributed by atoms with Crippen molar-refractivity contribution in [2.24, 2.45) is 0 Å². The van der Waals surface area contributed by atoms with Crippen molar-refractivity contribution < 1.29 is 62.5 Å². The highest BCUT2D eigenvalue weighted by Gasteiger charge is 2.42. The zero-order chi connectivity index (χ0) is 27.9. The van der Waals surface area contributed by atoms with E-state index in [1.165, 1.54) is 0 Å². The number of ether oxygens (including phenoxy) is 1. The Morgan fingerprint density at radius 2 is 1.14 bits per heavy atom. The molecule has 0 heterocycles. The van der Waals surface area contributed by atoms with Crippen LogP contribution < -0.4 is 0 Å². The van der Waals surface area contributed by atoms with Crippen molar-refractivity contribution in [3.05, 3.63) is 69.3 Å². The minimum atomic E-state index is -5.47. The van der Waals surface area contributed by atoms with Crippen molar-refractivity contribution in [2.45, 2.75) is 43.3 Å². The van der Waals surface area contributed by atoms with Gasteiger partial charge in [-0.1, -0.05) is 0 Å². The first-order valence-corrected chi connectivity index (χ1v) is 9.42. The maximum atomic E-state index is 13.3. The summed E-state index contributed by atoms with van der Waals surface area (Å²) in [5.41, 5.74) is -11.2. The topological polar surface area (TPSA) is 53.2 Å². The number of hydrogen-bond acceptors (Lipinski definition) is 3. The van der Waals surface area contributed by atoms with E-state index in [0.29, 0.717) is 0 Å². The molecule has 2 rings (SSSR count). The highest BCUT2D eigenvalue weighted by Crippen LogP contribution is 2.43. The Balaban J connectivity index is 2.62. The summed E-state index contributed by atoms with van der Waals surface area (Å²) in [4.78, 5) is 0. The van der Waals surface area contributed by atoms with Crippen molar-refractivity contribution >= 4 is 0 Å². The monoisotopic (exact) mass is 539 g/mol. The number of methoxy groups -OCH3 is 1. The Labute approximate surface area is 194 Å². The van der Waals surface area contributed by atoms with Gasteiger partial charge in [0.05, 0.1) is 40.0 Å². The van der Waals surface area contributed by atoms with Gasteiger partial charge in [0.1, 0.15) is 6.07 Å². The van der Waals surface area contributed by atoms with Gasteiger partial charge >= 0.3 is 24.7 Å². The molecule has 0 amide bonds. The summed E-state index contributed by atoms with van der Waals surface area (Å²) in [6, 6.07) is 1.18.